The third kappa shape index (κ3) is 4.29. The van der Waals surface area contributed by atoms with Crippen molar-refractivity contribution < 1.29 is 8.78 Å². The maximum absolute atomic E-state index is 16.3. The van der Waals surface area contributed by atoms with Crippen molar-refractivity contribution in [1.82, 2.24) is 14.9 Å². The average Bonchev–Trinajstić information content (AvgIpc) is 2.76. The molecule has 0 aliphatic carbocycles. The molecule has 0 amide bonds. The highest BCUT2D eigenvalue weighted by Crippen LogP contribution is 2.42. The normalized spacial score (nSPS) is 21.7. The molecule has 0 radical (unpaired) electrons. The van der Waals surface area contributed by atoms with Crippen LogP contribution in [0.15, 0.2) is 24.3 Å². The molecular weight excluding hydrogens is 466 g/mol. The van der Waals surface area contributed by atoms with Gasteiger partial charge in [-0.15, -0.1) is 0 Å². The summed E-state index contributed by atoms with van der Waals surface area (Å²) in [5, 5.41) is 0.767. The predicted octanol–water partition coefficient (Wildman–Crippen LogP) is 6.97. The first kappa shape index (κ1) is 24.4. The van der Waals surface area contributed by atoms with Gasteiger partial charge in [0.25, 0.3) is 0 Å². The molecule has 2 fully saturated rings. The van der Waals surface area contributed by atoms with E-state index in [4.69, 9.17) is 21.6 Å². The number of fused-ring (bicyclic) bond motifs is 1. The molecule has 2 saturated heterocycles. The molecule has 3 heterocycles. The summed E-state index contributed by atoms with van der Waals surface area (Å²) < 4.78 is 31.2. The van der Waals surface area contributed by atoms with Crippen molar-refractivity contribution in [3.05, 3.63) is 52.3 Å². The van der Waals surface area contributed by atoms with Gasteiger partial charge in [0, 0.05) is 54.1 Å². The number of hydrogen-bond donors (Lipinski definition) is 0. The lowest BCUT2D eigenvalue weighted by molar-refractivity contribution is 0.106. The Bertz CT molecular complexity index is 1250. The van der Waals surface area contributed by atoms with Gasteiger partial charge in [-0.05, 0) is 64.2 Å². The number of anilines is 1. The minimum Gasteiger partial charge on any atom is -0.353 e. The van der Waals surface area contributed by atoms with E-state index in [0.717, 1.165) is 38.3 Å². The number of likely N-dealkylation sites (tertiary alicyclic amines) is 1. The fraction of sp³-hybridized carbons (Fsp3) is 0.500. The zero-order valence-electron chi connectivity index (χ0n) is 21.1. The molecule has 1 aromatic heterocycles. The van der Waals surface area contributed by atoms with Crippen molar-refractivity contribution in [1.29, 1.82) is 0 Å². The Morgan fingerprint density at radius 2 is 1.77 bits per heavy atom. The largest absolute Gasteiger partial charge is 0.353 e. The standard InChI is InChI=1S/C28H33ClF2N4/c1-15(2)34-13-19(14-34)27-32-26-20(28(33-27)35-12-16(3)9-10-18(35)5)11-21(29)24(25(26)31)23-17(4)7-6-8-22(23)30/h6-8,11,15-16,18-19H,9-10,12-14H2,1-5H3/t16-,18-/m0/s1. The summed E-state index contributed by atoms with van der Waals surface area (Å²) in [6, 6.07) is 7.18. The van der Waals surface area contributed by atoms with Gasteiger partial charge >= 0.3 is 0 Å². The Kier molecular flexibility index (Phi) is 6.47. The summed E-state index contributed by atoms with van der Waals surface area (Å²) in [6.45, 7) is 13.1. The minimum absolute atomic E-state index is 0.0721. The van der Waals surface area contributed by atoms with Crippen LogP contribution in [0.2, 0.25) is 5.02 Å². The van der Waals surface area contributed by atoms with Crippen molar-refractivity contribution >= 4 is 28.3 Å². The van der Waals surface area contributed by atoms with Crippen LogP contribution < -0.4 is 4.90 Å². The summed E-state index contributed by atoms with van der Waals surface area (Å²) >= 11 is 6.67. The number of rotatable bonds is 4. The van der Waals surface area contributed by atoms with Crippen LogP contribution >= 0.6 is 11.6 Å². The zero-order chi connectivity index (χ0) is 25.0. The van der Waals surface area contributed by atoms with Crippen molar-refractivity contribution in [3.8, 4) is 11.1 Å². The molecule has 2 atom stereocenters. The van der Waals surface area contributed by atoms with Crippen molar-refractivity contribution in [2.45, 2.75) is 65.5 Å². The van der Waals surface area contributed by atoms with Gasteiger partial charge in [0.05, 0.1) is 5.02 Å². The molecule has 4 nitrogen and oxygen atoms in total. The molecule has 2 aliphatic heterocycles. The van der Waals surface area contributed by atoms with E-state index in [1.165, 1.54) is 6.07 Å². The molecular formula is C28H33ClF2N4. The molecule has 35 heavy (non-hydrogen) atoms. The second-order valence-electron chi connectivity index (χ2n) is 10.7. The van der Waals surface area contributed by atoms with E-state index in [-0.39, 0.29) is 33.6 Å². The van der Waals surface area contributed by atoms with Gasteiger partial charge in [0.1, 0.15) is 23.0 Å². The molecule has 2 aromatic carbocycles. The zero-order valence-corrected chi connectivity index (χ0v) is 21.8. The summed E-state index contributed by atoms with van der Waals surface area (Å²) in [6.07, 6.45) is 2.21. The third-order valence-electron chi connectivity index (χ3n) is 7.75. The fourth-order valence-corrected chi connectivity index (χ4v) is 5.74. The summed E-state index contributed by atoms with van der Waals surface area (Å²) in [5.41, 5.74) is 1.11. The lowest BCUT2D eigenvalue weighted by Gasteiger charge is -2.42. The van der Waals surface area contributed by atoms with Gasteiger partial charge in [-0.3, -0.25) is 4.90 Å². The van der Waals surface area contributed by atoms with E-state index in [0.29, 0.717) is 28.7 Å². The topological polar surface area (TPSA) is 32.3 Å². The molecule has 186 valence electrons. The number of piperidine rings is 1. The van der Waals surface area contributed by atoms with Crippen LogP contribution in [0, 0.1) is 24.5 Å². The molecule has 3 aromatic rings. The predicted molar refractivity (Wildman–Crippen MR) is 139 cm³/mol. The smallest absolute Gasteiger partial charge is 0.159 e. The van der Waals surface area contributed by atoms with E-state index >= 15 is 4.39 Å². The highest BCUT2D eigenvalue weighted by atomic mass is 35.5. The maximum Gasteiger partial charge on any atom is 0.159 e. The minimum atomic E-state index is -0.580. The van der Waals surface area contributed by atoms with Crippen LogP contribution in [0.4, 0.5) is 14.6 Å². The third-order valence-corrected chi connectivity index (χ3v) is 8.05. The van der Waals surface area contributed by atoms with Gasteiger partial charge in [0.15, 0.2) is 5.82 Å². The molecule has 0 N–H and O–H groups in total. The highest BCUT2D eigenvalue weighted by molar-refractivity contribution is 6.34. The van der Waals surface area contributed by atoms with E-state index in [1.807, 2.05) is 0 Å². The van der Waals surface area contributed by atoms with Crippen molar-refractivity contribution in [2.75, 3.05) is 24.5 Å². The van der Waals surface area contributed by atoms with Crippen molar-refractivity contribution in [3.63, 3.8) is 0 Å². The van der Waals surface area contributed by atoms with Crippen LogP contribution in [0.5, 0.6) is 0 Å². The second kappa shape index (κ2) is 9.29. The quantitative estimate of drug-likeness (QED) is 0.389. The first-order valence-corrected chi connectivity index (χ1v) is 13.0. The first-order chi connectivity index (χ1) is 16.7. The summed E-state index contributed by atoms with van der Waals surface area (Å²) in [7, 11) is 0. The van der Waals surface area contributed by atoms with Crippen LogP contribution in [0.25, 0.3) is 22.0 Å². The number of aryl methyl sites for hydroxylation is 1. The van der Waals surface area contributed by atoms with E-state index in [2.05, 4.69) is 37.5 Å². The number of nitrogens with zero attached hydrogens (tertiary/aromatic N) is 4. The van der Waals surface area contributed by atoms with Crippen molar-refractivity contribution in [2.24, 2.45) is 5.92 Å². The van der Waals surface area contributed by atoms with Crippen LogP contribution in [-0.2, 0) is 0 Å². The Balaban J connectivity index is 1.72. The highest BCUT2D eigenvalue weighted by Gasteiger charge is 2.35. The van der Waals surface area contributed by atoms with E-state index in [1.54, 1.807) is 25.1 Å². The Morgan fingerprint density at radius 1 is 1.03 bits per heavy atom. The molecule has 0 bridgehead atoms. The lowest BCUT2D eigenvalue weighted by atomic mass is 9.93. The van der Waals surface area contributed by atoms with Crippen LogP contribution in [0.3, 0.4) is 0 Å². The van der Waals surface area contributed by atoms with Gasteiger partial charge in [-0.25, -0.2) is 18.7 Å². The van der Waals surface area contributed by atoms with E-state index in [9.17, 15) is 4.39 Å². The number of aromatic nitrogens is 2. The number of hydrogen-bond acceptors (Lipinski definition) is 4. The van der Waals surface area contributed by atoms with Gasteiger partial charge < -0.3 is 4.90 Å². The summed E-state index contributed by atoms with van der Waals surface area (Å²) in [5.74, 6) is 0.984. The second-order valence-corrected chi connectivity index (χ2v) is 11.1. The molecule has 0 saturated carbocycles. The average molecular weight is 499 g/mol. The molecule has 5 rings (SSSR count). The molecule has 7 heteroatoms. The molecule has 0 spiro atoms. The van der Waals surface area contributed by atoms with Gasteiger partial charge in [0.2, 0.25) is 0 Å². The van der Waals surface area contributed by atoms with Crippen LogP contribution in [-0.4, -0.2) is 46.6 Å². The molecule has 2 aliphatic rings. The monoisotopic (exact) mass is 498 g/mol. The summed E-state index contributed by atoms with van der Waals surface area (Å²) in [4.78, 5) is 14.4. The fourth-order valence-electron chi connectivity index (χ4n) is 5.46. The number of benzene rings is 2. The van der Waals surface area contributed by atoms with Gasteiger partial charge in [-0.2, -0.15) is 0 Å². The lowest BCUT2D eigenvalue weighted by Crippen LogP contribution is -2.49. The molecule has 0 unspecified atom stereocenters. The van der Waals surface area contributed by atoms with Crippen LogP contribution in [0.1, 0.15) is 57.8 Å². The van der Waals surface area contributed by atoms with Gasteiger partial charge in [-0.1, -0.05) is 30.7 Å². The SMILES string of the molecule is Cc1cccc(F)c1-c1c(Cl)cc2c(N3C[C@@H](C)CC[C@@H]3C)nc(C3CN(C(C)C)C3)nc2c1F. The first-order valence-electron chi connectivity index (χ1n) is 12.6. The Labute approximate surface area is 211 Å². The van der Waals surface area contributed by atoms with E-state index < -0.39 is 11.6 Å². The Hall–Kier alpha value is -2.31. The maximum atomic E-state index is 16.3. The Morgan fingerprint density at radius 3 is 2.46 bits per heavy atom. The number of halogens is 3.